The lowest BCUT2D eigenvalue weighted by Crippen LogP contribution is -2.71. The highest BCUT2D eigenvalue weighted by Gasteiger charge is 2.61. The Morgan fingerprint density at radius 2 is 2.00 bits per heavy atom. The first-order valence-electron chi connectivity index (χ1n) is 3.53. The molecule has 1 fully saturated rings. The molecule has 0 aliphatic carbocycles. The summed E-state index contributed by atoms with van der Waals surface area (Å²) in [5.74, 6) is -2.48. The fraction of sp³-hybridized carbons (Fsp3) is 1.00. The Morgan fingerprint density at radius 1 is 1.50 bits per heavy atom. The summed E-state index contributed by atoms with van der Waals surface area (Å²) in [5.41, 5.74) is -0.882. The maximum absolute atomic E-state index is 12.8. The van der Waals surface area contributed by atoms with Crippen LogP contribution in [0, 0.1) is 0 Å². The molecule has 1 unspecified atom stereocenters. The molecule has 1 saturated heterocycles. The summed E-state index contributed by atoms with van der Waals surface area (Å²) in [4.78, 5) is 1.70. The Labute approximate surface area is 60.0 Å². The van der Waals surface area contributed by atoms with Gasteiger partial charge < -0.3 is 0 Å². The molecule has 1 aliphatic heterocycles. The maximum atomic E-state index is 12.8. The van der Waals surface area contributed by atoms with Crippen LogP contribution >= 0.6 is 0 Å². The molecule has 1 rings (SSSR count). The van der Waals surface area contributed by atoms with Crippen LogP contribution in [0.3, 0.4) is 0 Å². The second kappa shape index (κ2) is 1.91. The molecule has 0 spiro atoms. The van der Waals surface area contributed by atoms with Crippen molar-refractivity contribution < 1.29 is 8.78 Å². The standard InChI is InChI=1S/C7H13F2N/c1-4-6(2)7(8,9)5-10(6)3/h4-5H2,1-3H3. The van der Waals surface area contributed by atoms with Crippen LogP contribution in [-0.2, 0) is 0 Å². The van der Waals surface area contributed by atoms with E-state index in [1.165, 1.54) is 0 Å². The highest BCUT2D eigenvalue weighted by Crippen LogP contribution is 2.45. The highest BCUT2D eigenvalue weighted by atomic mass is 19.3. The lowest BCUT2D eigenvalue weighted by Gasteiger charge is -2.54. The van der Waals surface area contributed by atoms with Gasteiger partial charge in [0, 0.05) is 0 Å². The Balaban J connectivity index is 2.73. The van der Waals surface area contributed by atoms with Crippen LogP contribution in [0.2, 0.25) is 0 Å². The van der Waals surface area contributed by atoms with E-state index in [-0.39, 0.29) is 6.54 Å². The third kappa shape index (κ3) is 0.698. The molecule has 0 amide bonds. The van der Waals surface area contributed by atoms with Gasteiger partial charge in [-0.15, -0.1) is 0 Å². The van der Waals surface area contributed by atoms with Crippen LogP contribution in [0.5, 0.6) is 0 Å². The first-order valence-corrected chi connectivity index (χ1v) is 3.53. The van der Waals surface area contributed by atoms with Gasteiger partial charge >= 0.3 is 0 Å². The van der Waals surface area contributed by atoms with Crippen molar-refractivity contribution in [2.75, 3.05) is 13.6 Å². The maximum Gasteiger partial charge on any atom is 0.278 e. The average molecular weight is 149 g/mol. The van der Waals surface area contributed by atoms with Crippen LogP contribution in [-0.4, -0.2) is 30.0 Å². The molecule has 0 aromatic rings. The Morgan fingerprint density at radius 3 is 2.10 bits per heavy atom. The first-order chi connectivity index (χ1) is 4.44. The largest absolute Gasteiger partial charge is 0.289 e. The predicted molar refractivity (Wildman–Crippen MR) is 36.3 cm³/mol. The fourth-order valence-corrected chi connectivity index (χ4v) is 1.36. The molecule has 3 heteroatoms. The molecule has 0 aromatic heterocycles. The van der Waals surface area contributed by atoms with Gasteiger partial charge in [-0.2, -0.15) is 0 Å². The van der Waals surface area contributed by atoms with E-state index in [0.717, 1.165) is 0 Å². The van der Waals surface area contributed by atoms with Crippen molar-refractivity contribution in [1.82, 2.24) is 4.90 Å². The van der Waals surface area contributed by atoms with E-state index >= 15 is 0 Å². The minimum atomic E-state index is -2.48. The van der Waals surface area contributed by atoms with Gasteiger partial charge in [0.25, 0.3) is 5.92 Å². The first kappa shape index (κ1) is 7.92. The molecule has 0 radical (unpaired) electrons. The van der Waals surface area contributed by atoms with Crippen molar-refractivity contribution >= 4 is 0 Å². The minimum absolute atomic E-state index is 0.0860. The molecule has 10 heavy (non-hydrogen) atoms. The second-order valence-corrected chi connectivity index (χ2v) is 3.19. The molecular weight excluding hydrogens is 136 g/mol. The van der Waals surface area contributed by atoms with Crippen molar-refractivity contribution in [3.05, 3.63) is 0 Å². The van der Waals surface area contributed by atoms with E-state index in [1.54, 1.807) is 25.8 Å². The molecule has 1 aliphatic rings. The monoisotopic (exact) mass is 149 g/mol. The second-order valence-electron chi connectivity index (χ2n) is 3.19. The van der Waals surface area contributed by atoms with Crippen LogP contribution in [0.4, 0.5) is 8.78 Å². The lowest BCUT2D eigenvalue weighted by molar-refractivity contribution is -0.229. The van der Waals surface area contributed by atoms with E-state index < -0.39 is 11.5 Å². The van der Waals surface area contributed by atoms with Crippen LogP contribution in [0.1, 0.15) is 20.3 Å². The number of halogens is 2. The molecule has 1 nitrogen and oxygen atoms in total. The van der Waals surface area contributed by atoms with Gasteiger partial charge in [-0.3, -0.25) is 4.90 Å². The molecule has 0 saturated carbocycles. The highest BCUT2D eigenvalue weighted by molar-refractivity contribution is 5.07. The minimum Gasteiger partial charge on any atom is -0.289 e. The predicted octanol–water partition coefficient (Wildman–Crippen LogP) is 1.74. The molecule has 1 heterocycles. The van der Waals surface area contributed by atoms with E-state index in [1.807, 2.05) is 0 Å². The number of hydrogen-bond donors (Lipinski definition) is 0. The van der Waals surface area contributed by atoms with Gasteiger partial charge in [0.1, 0.15) is 0 Å². The summed E-state index contributed by atoms with van der Waals surface area (Å²) in [5, 5.41) is 0. The Bertz CT molecular complexity index is 147. The van der Waals surface area contributed by atoms with E-state index in [4.69, 9.17) is 0 Å². The topological polar surface area (TPSA) is 3.24 Å². The zero-order valence-corrected chi connectivity index (χ0v) is 6.62. The fourth-order valence-electron chi connectivity index (χ4n) is 1.36. The number of nitrogens with zero attached hydrogens (tertiary/aromatic N) is 1. The summed E-state index contributed by atoms with van der Waals surface area (Å²) in [6, 6.07) is 0. The van der Waals surface area contributed by atoms with Gasteiger partial charge in [-0.1, -0.05) is 6.92 Å². The summed E-state index contributed by atoms with van der Waals surface area (Å²) >= 11 is 0. The normalized spacial score (nSPS) is 39.3. The van der Waals surface area contributed by atoms with Crippen molar-refractivity contribution in [1.29, 1.82) is 0 Å². The van der Waals surface area contributed by atoms with Crippen molar-refractivity contribution in [2.24, 2.45) is 0 Å². The molecular formula is C7H13F2N. The van der Waals surface area contributed by atoms with Crippen molar-refractivity contribution in [3.63, 3.8) is 0 Å². The average Bonchev–Trinajstić information content (AvgIpc) is 1.85. The summed E-state index contributed by atoms with van der Waals surface area (Å²) in [7, 11) is 1.74. The van der Waals surface area contributed by atoms with Crippen LogP contribution in [0.25, 0.3) is 0 Å². The molecule has 0 aromatic carbocycles. The molecule has 1 atom stereocenters. The summed E-state index contributed by atoms with van der Waals surface area (Å²) in [6.45, 7) is 3.32. The number of likely N-dealkylation sites (tertiary alicyclic amines) is 1. The van der Waals surface area contributed by atoms with Crippen LogP contribution < -0.4 is 0 Å². The van der Waals surface area contributed by atoms with Gasteiger partial charge in [0.15, 0.2) is 0 Å². The molecule has 60 valence electrons. The van der Waals surface area contributed by atoms with Gasteiger partial charge in [-0.25, -0.2) is 8.78 Å². The third-order valence-electron chi connectivity index (χ3n) is 2.75. The summed E-state index contributed by atoms with van der Waals surface area (Å²) in [6.07, 6.45) is 0.510. The zero-order valence-electron chi connectivity index (χ0n) is 6.62. The lowest BCUT2D eigenvalue weighted by atomic mass is 9.81. The molecule has 0 bridgehead atoms. The summed E-state index contributed by atoms with van der Waals surface area (Å²) < 4.78 is 25.6. The van der Waals surface area contributed by atoms with E-state index in [9.17, 15) is 8.78 Å². The van der Waals surface area contributed by atoms with Crippen LogP contribution in [0.15, 0.2) is 0 Å². The van der Waals surface area contributed by atoms with Gasteiger partial charge in [-0.05, 0) is 20.4 Å². The number of rotatable bonds is 1. The quantitative estimate of drug-likeness (QED) is 0.549. The SMILES string of the molecule is CCC1(C)N(C)CC1(F)F. The molecule has 0 N–H and O–H groups in total. The zero-order chi connectivity index (χ0) is 7.99. The Kier molecular flexibility index (Phi) is 1.51. The van der Waals surface area contributed by atoms with Crippen molar-refractivity contribution in [3.8, 4) is 0 Å². The number of alkyl halides is 2. The Hall–Kier alpha value is -0.180. The smallest absolute Gasteiger partial charge is 0.278 e. The van der Waals surface area contributed by atoms with Crippen molar-refractivity contribution in [2.45, 2.75) is 31.7 Å². The number of hydrogen-bond acceptors (Lipinski definition) is 1. The van der Waals surface area contributed by atoms with Gasteiger partial charge in [0.2, 0.25) is 0 Å². The third-order valence-corrected chi connectivity index (χ3v) is 2.75. The van der Waals surface area contributed by atoms with E-state index in [0.29, 0.717) is 6.42 Å². The van der Waals surface area contributed by atoms with E-state index in [2.05, 4.69) is 0 Å². The van der Waals surface area contributed by atoms with Gasteiger partial charge in [0.05, 0.1) is 12.1 Å².